The van der Waals surface area contributed by atoms with E-state index in [4.69, 9.17) is 0 Å². The van der Waals surface area contributed by atoms with E-state index in [2.05, 4.69) is 10.6 Å². The SMILES string of the molecule is CC(C)(CSc1ccccc1F)NC(=O)NCC1CC1. The van der Waals surface area contributed by atoms with E-state index in [1.165, 1.54) is 30.7 Å². The lowest BCUT2D eigenvalue weighted by molar-refractivity contribution is 0.232. The zero-order valence-corrected chi connectivity index (χ0v) is 12.7. The molecular formula is C15H21FN2OS. The summed E-state index contributed by atoms with van der Waals surface area (Å²) in [6.45, 7) is 4.64. The molecule has 0 aromatic heterocycles. The van der Waals surface area contributed by atoms with E-state index in [9.17, 15) is 9.18 Å². The van der Waals surface area contributed by atoms with Crippen molar-refractivity contribution >= 4 is 17.8 Å². The van der Waals surface area contributed by atoms with Crippen molar-refractivity contribution in [3.63, 3.8) is 0 Å². The molecule has 1 aliphatic carbocycles. The van der Waals surface area contributed by atoms with Gasteiger partial charge >= 0.3 is 6.03 Å². The van der Waals surface area contributed by atoms with Crippen LogP contribution in [0.15, 0.2) is 29.2 Å². The van der Waals surface area contributed by atoms with Crippen LogP contribution in [-0.2, 0) is 0 Å². The van der Waals surface area contributed by atoms with Gasteiger partial charge in [-0.3, -0.25) is 0 Å². The summed E-state index contributed by atoms with van der Waals surface area (Å²) in [5, 5.41) is 5.81. The minimum atomic E-state index is -0.388. The highest BCUT2D eigenvalue weighted by atomic mass is 32.2. The second-order valence-electron chi connectivity index (χ2n) is 5.88. The number of carbonyl (C=O) groups excluding carboxylic acids is 1. The van der Waals surface area contributed by atoms with Crippen LogP contribution in [0.1, 0.15) is 26.7 Å². The van der Waals surface area contributed by atoms with Gasteiger partial charge in [0.1, 0.15) is 5.82 Å². The van der Waals surface area contributed by atoms with Gasteiger partial charge in [0.15, 0.2) is 0 Å². The molecule has 1 aromatic rings. The molecule has 2 rings (SSSR count). The molecule has 0 radical (unpaired) electrons. The number of thioether (sulfide) groups is 1. The normalized spacial score (nSPS) is 14.9. The predicted octanol–water partition coefficient (Wildman–Crippen LogP) is 3.41. The van der Waals surface area contributed by atoms with Crippen molar-refractivity contribution in [2.45, 2.75) is 37.1 Å². The number of carbonyl (C=O) groups is 1. The summed E-state index contributed by atoms with van der Waals surface area (Å²) in [5.41, 5.74) is -0.388. The summed E-state index contributed by atoms with van der Waals surface area (Å²) in [7, 11) is 0. The highest BCUT2D eigenvalue weighted by Crippen LogP contribution is 2.27. The third-order valence-corrected chi connectivity index (χ3v) is 4.63. The first-order valence-electron chi connectivity index (χ1n) is 6.90. The summed E-state index contributed by atoms with van der Waals surface area (Å²) in [6.07, 6.45) is 2.43. The lowest BCUT2D eigenvalue weighted by atomic mass is 10.1. The van der Waals surface area contributed by atoms with Gasteiger partial charge in [-0.15, -0.1) is 11.8 Å². The summed E-state index contributed by atoms with van der Waals surface area (Å²) in [5.74, 6) is 1.06. The van der Waals surface area contributed by atoms with Gasteiger partial charge in [-0.2, -0.15) is 0 Å². The molecule has 0 spiro atoms. The molecule has 2 N–H and O–H groups in total. The van der Waals surface area contributed by atoms with Gasteiger partial charge in [-0.25, -0.2) is 9.18 Å². The summed E-state index contributed by atoms with van der Waals surface area (Å²) in [6, 6.07) is 6.55. The van der Waals surface area contributed by atoms with Crippen LogP contribution in [-0.4, -0.2) is 23.9 Å². The van der Waals surface area contributed by atoms with E-state index >= 15 is 0 Å². The van der Waals surface area contributed by atoms with E-state index in [1.54, 1.807) is 12.1 Å². The van der Waals surface area contributed by atoms with Gasteiger partial charge in [-0.05, 0) is 44.7 Å². The van der Waals surface area contributed by atoms with E-state index in [0.29, 0.717) is 16.6 Å². The monoisotopic (exact) mass is 296 g/mol. The summed E-state index contributed by atoms with van der Waals surface area (Å²) < 4.78 is 13.5. The van der Waals surface area contributed by atoms with Gasteiger partial charge in [-0.1, -0.05) is 12.1 Å². The fourth-order valence-corrected chi connectivity index (χ4v) is 2.74. The highest BCUT2D eigenvalue weighted by Gasteiger charge is 2.24. The fourth-order valence-electron chi connectivity index (χ4n) is 1.77. The first-order valence-corrected chi connectivity index (χ1v) is 7.88. The van der Waals surface area contributed by atoms with Crippen LogP contribution in [0.2, 0.25) is 0 Å². The number of rotatable bonds is 6. The number of nitrogens with one attached hydrogen (secondary N) is 2. The first kappa shape index (κ1) is 15.2. The molecule has 1 aromatic carbocycles. The van der Waals surface area contributed by atoms with Gasteiger partial charge in [0, 0.05) is 22.7 Å². The van der Waals surface area contributed by atoms with Gasteiger partial charge < -0.3 is 10.6 Å². The molecule has 0 saturated heterocycles. The number of halogens is 1. The molecule has 0 atom stereocenters. The molecule has 0 aliphatic heterocycles. The largest absolute Gasteiger partial charge is 0.338 e. The van der Waals surface area contributed by atoms with E-state index < -0.39 is 0 Å². The number of urea groups is 1. The molecule has 110 valence electrons. The Hall–Kier alpha value is -1.23. The Balaban J connectivity index is 1.77. The Bertz CT molecular complexity index is 475. The zero-order valence-electron chi connectivity index (χ0n) is 11.9. The topological polar surface area (TPSA) is 41.1 Å². The fraction of sp³-hybridized carbons (Fsp3) is 0.533. The maximum absolute atomic E-state index is 13.5. The number of benzene rings is 1. The van der Waals surface area contributed by atoms with E-state index in [-0.39, 0.29) is 17.4 Å². The molecule has 1 fully saturated rings. The van der Waals surface area contributed by atoms with E-state index in [0.717, 1.165) is 6.54 Å². The van der Waals surface area contributed by atoms with Crippen LogP contribution in [0, 0.1) is 11.7 Å². The molecule has 5 heteroatoms. The second-order valence-corrected chi connectivity index (χ2v) is 6.90. The highest BCUT2D eigenvalue weighted by molar-refractivity contribution is 7.99. The van der Waals surface area contributed by atoms with Crippen LogP contribution in [0.3, 0.4) is 0 Å². The van der Waals surface area contributed by atoms with Crippen molar-refractivity contribution < 1.29 is 9.18 Å². The lowest BCUT2D eigenvalue weighted by Gasteiger charge is -2.26. The van der Waals surface area contributed by atoms with Crippen LogP contribution in [0.5, 0.6) is 0 Å². The number of hydrogen-bond donors (Lipinski definition) is 2. The standard InChI is InChI=1S/C15H21FN2OS/c1-15(2,18-14(19)17-9-11-7-8-11)10-20-13-6-4-3-5-12(13)16/h3-6,11H,7-10H2,1-2H3,(H2,17,18,19). The predicted molar refractivity (Wildman–Crippen MR) is 80.5 cm³/mol. The lowest BCUT2D eigenvalue weighted by Crippen LogP contribution is -2.50. The maximum atomic E-state index is 13.5. The van der Waals surface area contributed by atoms with Crippen LogP contribution < -0.4 is 10.6 Å². The van der Waals surface area contributed by atoms with Crippen molar-refractivity contribution in [1.82, 2.24) is 10.6 Å². The Kier molecular flexibility index (Phi) is 4.91. The number of amides is 2. The third kappa shape index (κ3) is 5.04. The van der Waals surface area contributed by atoms with Crippen LogP contribution in [0.4, 0.5) is 9.18 Å². The smallest absolute Gasteiger partial charge is 0.315 e. The van der Waals surface area contributed by atoms with Crippen molar-refractivity contribution in [2.24, 2.45) is 5.92 Å². The molecular weight excluding hydrogens is 275 g/mol. The van der Waals surface area contributed by atoms with Crippen LogP contribution in [0.25, 0.3) is 0 Å². The third-order valence-electron chi connectivity index (χ3n) is 3.13. The summed E-state index contributed by atoms with van der Waals surface area (Å²) in [4.78, 5) is 12.4. The molecule has 2 amide bonds. The van der Waals surface area contributed by atoms with Gasteiger partial charge in [0.2, 0.25) is 0 Å². The average molecular weight is 296 g/mol. The average Bonchev–Trinajstić information content (AvgIpc) is 3.19. The van der Waals surface area contributed by atoms with Crippen molar-refractivity contribution in [3.8, 4) is 0 Å². The Morgan fingerprint density at radius 2 is 2.10 bits per heavy atom. The summed E-state index contributed by atoms with van der Waals surface area (Å²) >= 11 is 1.42. The van der Waals surface area contributed by atoms with Crippen LogP contribution >= 0.6 is 11.8 Å². The second kappa shape index (κ2) is 6.48. The molecule has 3 nitrogen and oxygen atoms in total. The van der Waals surface area contributed by atoms with E-state index in [1.807, 2.05) is 19.9 Å². The van der Waals surface area contributed by atoms with Crippen molar-refractivity contribution in [2.75, 3.05) is 12.3 Å². The number of hydrogen-bond acceptors (Lipinski definition) is 2. The molecule has 0 bridgehead atoms. The Labute approximate surface area is 123 Å². The zero-order chi connectivity index (χ0) is 14.6. The van der Waals surface area contributed by atoms with Crippen molar-refractivity contribution in [1.29, 1.82) is 0 Å². The molecule has 20 heavy (non-hydrogen) atoms. The maximum Gasteiger partial charge on any atom is 0.315 e. The molecule has 0 heterocycles. The molecule has 0 unspecified atom stereocenters. The Morgan fingerprint density at radius 1 is 1.40 bits per heavy atom. The van der Waals surface area contributed by atoms with Gasteiger partial charge in [0.05, 0.1) is 0 Å². The van der Waals surface area contributed by atoms with Crippen molar-refractivity contribution in [3.05, 3.63) is 30.1 Å². The minimum absolute atomic E-state index is 0.143. The Morgan fingerprint density at radius 3 is 2.75 bits per heavy atom. The molecule has 1 saturated carbocycles. The van der Waals surface area contributed by atoms with Gasteiger partial charge in [0.25, 0.3) is 0 Å². The quantitative estimate of drug-likeness (QED) is 0.790. The minimum Gasteiger partial charge on any atom is -0.338 e. The molecule has 1 aliphatic rings. The first-order chi connectivity index (χ1) is 9.46.